The third-order valence-electron chi connectivity index (χ3n) is 5.12. The van der Waals surface area contributed by atoms with Crippen LogP contribution in [0.25, 0.3) is 10.4 Å². The molecule has 2 aliphatic rings. The molecule has 1 amide bonds. The minimum absolute atomic E-state index is 0.0869. The van der Waals surface area contributed by atoms with Gasteiger partial charge in [0, 0.05) is 18.0 Å². The number of thiophene rings is 1. The van der Waals surface area contributed by atoms with E-state index in [0.29, 0.717) is 0 Å². The first-order valence-electron chi connectivity index (χ1n) is 9.03. The van der Waals surface area contributed by atoms with Crippen molar-refractivity contribution in [1.29, 1.82) is 0 Å². The second-order valence-corrected chi connectivity index (χ2v) is 7.83. The molecule has 1 N–H and O–H groups in total. The maximum atomic E-state index is 12.5. The van der Waals surface area contributed by atoms with Crippen LogP contribution in [-0.2, 0) is 12.8 Å². The Hall–Kier alpha value is -1.65. The van der Waals surface area contributed by atoms with Crippen molar-refractivity contribution in [2.75, 3.05) is 26.2 Å². The lowest BCUT2D eigenvalue weighted by Gasteiger charge is -2.26. The first-order chi connectivity index (χ1) is 11.8. The number of amides is 1. The molecule has 4 heteroatoms. The fourth-order valence-corrected chi connectivity index (χ4v) is 4.97. The first kappa shape index (κ1) is 15.9. The van der Waals surface area contributed by atoms with Crippen LogP contribution in [0.2, 0.25) is 0 Å². The summed E-state index contributed by atoms with van der Waals surface area (Å²) in [5, 5.41) is 3.11. The number of hydrogen-bond donors (Lipinski definition) is 1. The van der Waals surface area contributed by atoms with Gasteiger partial charge in [0.15, 0.2) is 0 Å². The van der Waals surface area contributed by atoms with Gasteiger partial charge in [-0.2, -0.15) is 0 Å². The molecule has 0 saturated carbocycles. The zero-order valence-electron chi connectivity index (χ0n) is 14.0. The van der Waals surface area contributed by atoms with Gasteiger partial charge in [-0.15, -0.1) is 11.3 Å². The molecule has 1 saturated heterocycles. The van der Waals surface area contributed by atoms with E-state index >= 15 is 0 Å². The summed E-state index contributed by atoms with van der Waals surface area (Å²) in [4.78, 5) is 17.1. The normalized spacial score (nSPS) is 17.2. The zero-order chi connectivity index (χ0) is 16.4. The third-order valence-corrected chi connectivity index (χ3v) is 6.33. The van der Waals surface area contributed by atoms with Crippen LogP contribution in [0, 0.1) is 0 Å². The summed E-state index contributed by atoms with van der Waals surface area (Å²) in [5.74, 6) is 0.0869. The zero-order valence-corrected chi connectivity index (χ0v) is 14.8. The molecule has 1 aromatic carbocycles. The Kier molecular flexibility index (Phi) is 4.67. The summed E-state index contributed by atoms with van der Waals surface area (Å²) in [6, 6.07) is 10.7. The van der Waals surface area contributed by atoms with Gasteiger partial charge in [0.25, 0.3) is 5.91 Å². The molecule has 0 bridgehead atoms. The van der Waals surface area contributed by atoms with Crippen molar-refractivity contribution in [3.8, 4) is 10.4 Å². The van der Waals surface area contributed by atoms with E-state index in [1.165, 1.54) is 53.9 Å². The monoisotopic (exact) mass is 340 g/mol. The Balaban J connectivity index is 1.40. The number of carbonyl (C=O) groups excluding carboxylic acids is 1. The number of aryl methyl sites for hydroxylation is 2. The van der Waals surface area contributed by atoms with Crippen LogP contribution < -0.4 is 5.32 Å². The SMILES string of the molecule is O=C(NCCN1CCCCC1)c1cc2c(s1)-c1ccccc1CC2. The van der Waals surface area contributed by atoms with Crippen molar-refractivity contribution in [1.82, 2.24) is 10.2 Å². The van der Waals surface area contributed by atoms with Gasteiger partial charge in [0.1, 0.15) is 0 Å². The van der Waals surface area contributed by atoms with E-state index in [2.05, 4.69) is 40.5 Å². The van der Waals surface area contributed by atoms with Gasteiger partial charge >= 0.3 is 0 Å². The van der Waals surface area contributed by atoms with E-state index < -0.39 is 0 Å². The van der Waals surface area contributed by atoms with Crippen molar-refractivity contribution < 1.29 is 4.79 Å². The van der Waals surface area contributed by atoms with Crippen LogP contribution in [0.3, 0.4) is 0 Å². The Bertz CT molecular complexity index is 731. The fraction of sp³-hybridized carbons (Fsp3) is 0.450. The maximum absolute atomic E-state index is 12.5. The van der Waals surface area contributed by atoms with Crippen LogP contribution in [0.1, 0.15) is 40.1 Å². The molecule has 24 heavy (non-hydrogen) atoms. The Labute approximate surface area is 147 Å². The van der Waals surface area contributed by atoms with Crippen LogP contribution >= 0.6 is 11.3 Å². The topological polar surface area (TPSA) is 32.3 Å². The summed E-state index contributed by atoms with van der Waals surface area (Å²) in [7, 11) is 0. The highest BCUT2D eigenvalue weighted by Gasteiger charge is 2.21. The van der Waals surface area contributed by atoms with Gasteiger partial charge in [-0.25, -0.2) is 0 Å². The van der Waals surface area contributed by atoms with Crippen molar-refractivity contribution in [2.45, 2.75) is 32.1 Å². The first-order valence-corrected chi connectivity index (χ1v) is 9.84. The highest BCUT2D eigenvalue weighted by Crippen LogP contribution is 2.39. The van der Waals surface area contributed by atoms with E-state index in [4.69, 9.17) is 0 Å². The maximum Gasteiger partial charge on any atom is 0.261 e. The van der Waals surface area contributed by atoms with Crippen molar-refractivity contribution in [3.63, 3.8) is 0 Å². The quantitative estimate of drug-likeness (QED) is 0.920. The molecule has 1 aromatic heterocycles. The summed E-state index contributed by atoms with van der Waals surface area (Å²) in [5.41, 5.74) is 4.06. The highest BCUT2D eigenvalue weighted by atomic mass is 32.1. The predicted molar refractivity (Wildman–Crippen MR) is 99.8 cm³/mol. The van der Waals surface area contributed by atoms with Crippen molar-refractivity contribution in [3.05, 3.63) is 46.3 Å². The van der Waals surface area contributed by atoms with E-state index in [-0.39, 0.29) is 5.91 Å². The standard InChI is InChI=1S/C20H24N2OS/c23-20(21-10-13-22-11-4-1-5-12-22)18-14-16-9-8-15-6-2-3-7-17(15)19(16)24-18/h2-3,6-7,14H,1,4-5,8-13H2,(H,21,23). The number of carbonyl (C=O) groups is 1. The van der Waals surface area contributed by atoms with Crippen molar-refractivity contribution in [2.24, 2.45) is 0 Å². The molecule has 0 atom stereocenters. The number of rotatable bonds is 4. The van der Waals surface area contributed by atoms with Crippen molar-refractivity contribution >= 4 is 17.2 Å². The molecule has 1 aliphatic carbocycles. The minimum atomic E-state index is 0.0869. The predicted octanol–water partition coefficient (Wildman–Crippen LogP) is 3.73. The summed E-state index contributed by atoms with van der Waals surface area (Å²) < 4.78 is 0. The third kappa shape index (κ3) is 3.26. The number of hydrogen-bond acceptors (Lipinski definition) is 3. The van der Waals surface area contributed by atoms with Gasteiger partial charge < -0.3 is 10.2 Å². The minimum Gasteiger partial charge on any atom is -0.350 e. The molecular weight excluding hydrogens is 316 g/mol. The van der Waals surface area contributed by atoms with Gasteiger partial charge in [-0.1, -0.05) is 30.7 Å². The fourth-order valence-electron chi connectivity index (χ4n) is 3.78. The average Bonchev–Trinajstić information content (AvgIpc) is 3.07. The Morgan fingerprint density at radius 2 is 1.88 bits per heavy atom. The number of nitrogens with zero attached hydrogens (tertiary/aromatic N) is 1. The molecule has 0 radical (unpaired) electrons. The number of likely N-dealkylation sites (tertiary alicyclic amines) is 1. The van der Waals surface area contributed by atoms with Crippen LogP contribution in [0.15, 0.2) is 30.3 Å². The Morgan fingerprint density at radius 3 is 2.75 bits per heavy atom. The average molecular weight is 340 g/mol. The van der Waals surface area contributed by atoms with Crippen LogP contribution in [-0.4, -0.2) is 37.0 Å². The number of piperidine rings is 1. The van der Waals surface area contributed by atoms with Gasteiger partial charge in [0.05, 0.1) is 4.88 Å². The van der Waals surface area contributed by atoms with E-state index in [1.807, 2.05) is 0 Å². The molecule has 0 unspecified atom stereocenters. The molecule has 0 spiro atoms. The lowest BCUT2D eigenvalue weighted by atomic mass is 9.91. The van der Waals surface area contributed by atoms with Gasteiger partial charge in [0.2, 0.25) is 0 Å². The molecule has 3 nitrogen and oxygen atoms in total. The number of nitrogens with one attached hydrogen (secondary N) is 1. The van der Waals surface area contributed by atoms with Crippen LogP contribution in [0.5, 0.6) is 0 Å². The largest absolute Gasteiger partial charge is 0.350 e. The lowest BCUT2D eigenvalue weighted by Crippen LogP contribution is -2.37. The second-order valence-electron chi connectivity index (χ2n) is 6.78. The van der Waals surface area contributed by atoms with E-state index in [0.717, 1.165) is 30.8 Å². The van der Waals surface area contributed by atoms with Crippen LogP contribution in [0.4, 0.5) is 0 Å². The highest BCUT2D eigenvalue weighted by molar-refractivity contribution is 7.17. The molecular formula is C20H24N2OS. The smallest absolute Gasteiger partial charge is 0.261 e. The van der Waals surface area contributed by atoms with Gasteiger partial charge in [-0.05, 0) is 61.5 Å². The van der Waals surface area contributed by atoms with Gasteiger partial charge in [-0.3, -0.25) is 4.79 Å². The molecule has 126 valence electrons. The second kappa shape index (κ2) is 7.08. The summed E-state index contributed by atoms with van der Waals surface area (Å²) >= 11 is 1.65. The molecule has 2 aromatic rings. The Morgan fingerprint density at radius 1 is 1.08 bits per heavy atom. The molecule has 1 fully saturated rings. The van der Waals surface area contributed by atoms with E-state index in [1.54, 1.807) is 11.3 Å². The number of fused-ring (bicyclic) bond motifs is 3. The number of benzene rings is 1. The molecule has 1 aliphatic heterocycles. The van der Waals surface area contributed by atoms with E-state index in [9.17, 15) is 4.79 Å². The lowest BCUT2D eigenvalue weighted by molar-refractivity contribution is 0.0950. The summed E-state index contributed by atoms with van der Waals surface area (Å²) in [6.45, 7) is 4.08. The molecule has 2 heterocycles. The molecule has 4 rings (SSSR count). The summed E-state index contributed by atoms with van der Waals surface area (Å²) in [6.07, 6.45) is 6.07.